The number of carbonyl (C=O) groups is 1. The summed E-state index contributed by atoms with van der Waals surface area (Å²) in [7, 11) is 0. The van der Waals surface area contributed by atoms with E-state index in [9.17, 15) is 4.79 Å². The van der Waals surface area contributed by atoms with Crippen LogP contribution < -0.4 is 11.1 Å². The van der Waals surface area contributed by atoms with Gasteiger partial charge >= 0.3 is 0 Å². The van der Waals surface area contributed by atoms with E-state index in [1.165, 1.54) is 6.20 Å². The van der Waals surface area contributed by atoms with E-state index in [2.05, 4.69) is 15.3 Å². The first-order valence-electron chi connectivity index (χ1n) is 6.02. The summed E-state index contributed by atoms with van der Waals surface area (Å²) in [5, 5.41) is 2.78. The molecule has 1 amide bonds. The number of hydrogen-bond acceptors (Lipinski definition) is 4. The molecule has 0 aliphatic heterocycles. The summed E-state index contributed by atoms with van der Waals surface area (Å²) in [6.07, 6.45) is 3.02. The van der Waals surface area contributed by atoms with Gasteiger partial charge in [-0.15, -0.1) is 0 Å². The molecule has 0 bridgehead atoms. The van der Waals surface area contributed by atoms with Crippen LogP contribution in [0.2, 0.25) is 0 Å². The average Bonchev–Trinajstić information content (AvgIpc) is 2.46. The predicted octanol–water partition coefficient (Wildman–Crippen LogP) is 1.35. The van der Waals surface area contributed by atoms with Crippen molar-refractivity contribution in [1.29, 1.82) is 0 Å². The molecule has 20 heavy (non-hydrogen) atoms. The van der Waals surface area contributed by atoms with E-state index >= 15 is 0 Å². The summed E-state index contributed by atoms with van der Waals surface area (Å²) in [6.45, 7) is 2.23. The topological polar surface area (TPSA) is 80.9 Å². The Morgan fingerprint density at radius 2 is 1.95 bits per heavy atom. The number of nitrogens with zero attached hydrogens (tertiary/aromatic N) is 2. The van der Waals surface area contributed by atoms with Crippen LogP contribution in [0.15, 0.2) is 36.7 Å². The van der Waals surface area contributed by atoms with Gasteiger partial charge in [0.05, 0.1) is 11.9 Å². The van der Waals surface area contributed by atoms with Gasteiger partial charge in [-0.05, 0) is 12.5 Å². The first-order chi connectivity index (χ1) is 9.56. The molecule has 0 fully saturated rings. The Morgan fingerprint density at radius 1 is 1.25 bits per heavy atom. The minimum absolute atomic E-state index is 0.254. The minimum Gasteiger partial charge on any atom is -0.389 e. The molecule has 0 saturated carbocycles. The third-order valence-electron chi connectivity index (χ3n) is 2.71. The monoisotopic (exact) mass is 286 g/mol. The van der Waals surface area contributed by atoms with Crippen LogP contribution in [0.1, 0.15) is 27.3 Å². The second kappa shape index (κ2) is 6.21. The molecule has 0 aliphatic rings. The Bertz CT molecular complexity index is 623. The summed E-state index contributed by atoms with van der Waals surface area (Å²) < 4.78 is 0. The molecule has 1 aromatic carbocycles. The second-order valence-corrected chi connectivity index (χ2v) is 4.73. The number of hydrogen-bond donors (Lipinski definition) is 2. The van der Waals surface area contributed by atoms with E-state index in [-0.39, 0.29) is 5.91 Å². The van der Waals surface area contributed by atoms with Gasteiger partial charge in [0, 0.05) is 18.3 Å². The van der Waals surface area contributed by atoms with Crippen molar-refractivity contribution in [3.05, 3.63) is 59.2 Å². The van der Waals surface area contributed by atoms with Crippen LogP contribution in [0.3, 0.4) is 0 Å². The molecule has 2 aromatic rings. The van der Waals surface area contributed by atoms with Crippen LogP contribution in [-0.2, 0) is 6.54 Å². The Labute approximate surface area is 122 Å². The van der Waals surface area contributed by atoms with E-state index in [1.807, 2.05) is 31.2 Å². The fourth-order valence-electron chi connectivity index (χ4n) is 1.57. The number of amides is 1. The van der Waals surface area contributed by atoms with Crippen LogP contribution in [0.4, 0.5) is 0 Å². The van der Waals surface area contributed by atoms with Gasteiger partial charge in [0.15, 0.2) is 0 Å². The van der Waals surface area contributed by atoms with Crippen molar-refractivity contribution in [2.24, 2.45) is 5.73 Å². The maximum Gasteiger partial charge on any atom is 0.271 e. The zero-order valence-electron chi connectivity index (χ0n) is 11.0. The molecule has 0 spiro atoms. The van der Waals surface area contributed by atoms with Gasteiger partial charge in [0.2, 0.25) is 0 Å². The van der Waals surface area contributed by atoms with Gasteiger partial charge in [-0.25, -0.2) is 4.98 Å². The highest BCUT2D eigenvalue weighted by atomic mass is 32.1. The highest BCUT2D eigenvalue weighted by Gasteiger charge is 2.07. The summed E-state index contributed by atoms with van der Waals surface area (Å²) in [6, 6.07) is 7.40. The molecule has 0 unspecified atom stereocenters. The largest absolute Gasteiger partial charge is 0.389 e. The quantitative estimate of drug-likeness (QED) is 0.829. The molecule has 0 saturated heterocycles. The van der Waals surface area contributed by atoms with Gasteiger partial charge in [-0.1, -0.05) is 36.5 Å². The van der Waals surface area contributed by atoms with Crippen molar-refractivity contribution >= 4 is 23.1 Å². The lowest BCUT2D eigenvalue weighted by atomic mass is 10.1. The number of thiocarbonyl (C=S) groups is 1. The van der Waals surface area contributed by atoms with Crippen molar-refractivity contribution in [3.63, 3.8) is 0 Å². The Morgan fingerprint density at radius 3 is 2.50 bits per heavy atom. The summed E-state index contributed by atoms with van der Waals surface area (Å²) in [5.74, 6) is -0.254. The number of rotatable bonds is 4. The van der Waals surface area contributed by atoms with E-state index in [4.69, 9.17) is 18.0 Å². The van der Waals surface area contributed by atoms with Gasteiger partial charge in [-0.3, -0.25) is 9.78 Å². The van der Waals surface area contributed by atoms with Crippen LogP contribution in [0.5, 0.6) is 0 Å². The molecule has 0 radical (unpaired) electrons. The standard InChI is InChI=1S/C14H14N4OS/c1-9-6-17-12(8-16-9)14(19)18-7-10-2-4-11(5-3-10)13(15)20/h2-6,8H,7H2,1H3,(H2,15,20)(H,18,19). The lowest BCUT2D eigenvalue weighted by Gasteiger charge is -2.06. The summed E-state index contributed by atoms with van der Waals surface area (Å²) in [5.41, 5.74) is 8.36. The number of nitrogens with one attached hydrogen (secondary N) is 1. The molecule has 102 valence electrons. The zero-order chi connectivity index (χ0) is 14.5. The predicted molar refractivity (Wildman–Crippen MR) is 80.3 cm³/mol. The van der Waals surface area contributed by atoms with Gasteiger partial charge in [-0.2, -0.15) is 0 Å². The number of aromatic nitrogens is 2. The average molecular weight is 286 g/mol. The van der Waals surface area contributed by atoms with E-state index in [0.29, 0.717) is 17.2 Å². The van der Waals surface area contributed by atoms with Crippen molar-refractivity contribution in [3.8, 4) is 0 Å². The third-order valence-corrected chi connectivity index (χ3v) is 2.94. The van der Waals surface area contributed by atoms with Crippen molar-refractivity contribution < 1.29 is 4.79 Å². The first-order valence-corrected chi connectivity index (χ1v) is 6.42. The van der Waals surface area contributed by atoms with E-state index in [0.717, 1.165) is 16.8 Å². The number of carbonyl (C=O) groups excluding carboxylic acids is 1. The summed E-state index contributed by atoms with van der Waals surface area (Å²) in [4.78, 5) is 20.3. The molecule has 6 heteroatoms. The van der Waals surface area contributed by atoms with Crippen LogP contribution >= 0.6 is 12.2 Å². The number of nitrogens with two attached hydrogens (primary N) is 1. The van der Waals surface area contributed by atoms with Crippen LogP contribution in [0.25, 0.3) is 0 Å². The van der Waals surface area contributed by atoms with Crippen LogP contribution in [-0.4, -0.2) is 20.9 Å². The maximum absolute atomic E-state index is 11.9. The van der Waals surface area contributed by atoms with Crippen molar-refractivity contribution in [2.45, 2.75) is 13.5 Å². The Hall–Kier alpha value is -2.34. The molecule has 2 rings (SSSR count). The van der Waals surface area contributed by atoms with Gasteiger partial charge in [0.25, 0.3) is 5.91 Å². The zero-order valence-corrected chi connectivity index (χ0v) is 11.8. The van der Waals surface area contributed by atoms with Crippen molar-refractivity contribution in [1.82, 2.24) is 15.3 Å². The number of benzene rings is 1. The fourth-order valence-corrected chi connectivity index (χ4v) is 1.71. The summed E-state index contributed by atoms with van der Waals surface area (Å²) >= 11 is 4.88. The smallest absolute Gasteiger partial charge is 0.271 e. The minimum atomic E-state index is -0.254. The first kappa shape index (κ1) is 14.1. The molecule has 0 atom stereocenters. The lowest BCUT2D eigenvalue weighted by molar-refractivity contribution is 0.0945. The van der Waals surface area contributed by atoms with Crippen LogP contribution in [0, 0.1) is 6.92 Å². The molecular formula is C14H14N4OS. The van der Waals surface area contributed by atoms with E-state index in [1.54, 1.807) is 6.20 Å². The highest BCUT2D eigenvalue weighted by molar-refractivity contribution is 7.80. The number of aryl methyl sites for hydroxylation is 1. The maximum atomic E-state index is 11.9. The fraction of sp³-hybridized carbons (Fsp3) is 0.143. The molecule has 0 aliphatic carbocycles. The van der Waals surface area contributed by atoms with Gasteiger partial charge < -0.3 is 11.1 Å². The highest BCUT2D eigenvalue weighted by Crippen LogP contribution is 2.04. The molecule has 3 N–H and O–H groups in total. The third kappa shape index (κ3) is 3.58. The van der Waals surface area contributed by atoms with Gasteiger partial charge in [0.1, 0.15) is 10.7 Å². The van der Waals surface area contributed by atoms with E-state index < -0.39 is 0 Å². The second-order valence-electron chi connectivity index (χ2n) is 4.29. The Kier molecular flexibility index (Phi) is 4.37. The van der Waals surface area contributed by atoms with Crippen molar-refractivity contribution in [2.75, 3.05) is 0 Å². The molecular weight excluding hydrogens is 272 g/mol. The molecule has 5 nitrogen and oxygen atoms in total. The molecule has 1 aromatic heterocycles. The SMILES string of the molecule is Cc1cnc(C(=O)NCc2ccc(C(N)=S)cc2)cn1. The Balaban J connectivity index is 1.96. The normalized spacial score (nSPS) is 10.1. The lowest BCUT2D eigenvalue weighted by Crippen LogP contribution is -2.24. The molecule has 1 heterocycles.